The van der Waals surface area contributed by atoms with Crippen molar-refractivity contribution >= 4 is 40.7 Å². The van der Waals surface area contributed by atoms with Gasteiger partial charge >= 0.3 is 23.9 Å². The molecule has 14 nitrogen and oxygen atoms in total. The van der Waals surface area contributed by atoms with Crippen molar-refractivity contribution in [2.75, 3.05) is 0 Å². The Morgan fingerprint density at radius 2 is 1.27 bits per heavy atom. The molecule has 1 aromatic heterocycles. The molecule has 2 rings (SSSR count). The molecule has 0 saturated heterocycles. The first-order valence-corrected chi connectivity index (χ1v) is 9.26. The first-order chi connectivity index (χ1) is 15.3. The average Bonchev–Trinajstić information content (AvgIpc) is 3.10. The number of aromatic nitrogens is 1. The first kappa shape index (κ1) is 29.0. The van der Waals surface area contributed by atoms with Gasteiger partial charge in [0.25, 0.3) is 0 Å². The van der Waals surface area contributed by atoms with Crippen LogP contribution in [0.4, 0.5) is 0 Å². The number of amides is 1. The van der Waals surface area contributed by atoms with Gasteiger partial charge in [0.15, 0.2) is 0 Å². The number of nitrogens with two attached hydrogens (primary N) is 4. The Labute approximate surface area is 187 Å². The molecule has 0 spiro atoms. The van der Waals surface area contributed by atoms with Crippen LogP contribution in [-0.2, 0) is 30.4 Å². The van der Waals surface area contributed by atoms with Gasteiger partial charge in [-0.3, -0.25) is 24.0 Å². The van der Waals surface area contributed by atoms with Crippen LogP contribution in [0.3, 0.4) is 0 Å². The average molecular weight is 469 g/mol. The quantitative estimate of drug-likeness (QED) is 0.198. The number of hydrogen-bond donors (Lipinski definition) is 9. The molecule has 3 atom stereocenters. The highest BCUT2D eigenvalue weighted by Gasteiger charge is 2.15. The molecule has 33 heavy (non-hydrogen) atoms. The van der Waals surface area contributed by atoms with E-state index in [1.54, 1.807) is 0 Å². The molecule has 14 heteroatoms. The summed E-state index contributed by atoms with van der Waals surface area (Å²) >= 11 is 0. The highest BCUT2D eigenvalue weighted by molar-refractivity contribution is 5.84. The van der Waals surface area contributed by atoms with Crippen LogP contribution in [0, 0.1) is 0 Å². The molecule has 0 radical (unpaired) electrons. The number of benzene rings is 1. The zero-order chi connectivity index (χ0) is 25.7. The molecule has 0 saturated carbocycles. The highest BCUT2D eigenvalue weighted by Crippen LogP contribution is 2.18. The van der Waals surface area contributed by atoms with Crippen molar-refractivity contribution in [2.45, 2.75) is 37.4 Å². The van der Waals surface area contributed by atoms with Crippen LogP contribution in [-0.4, -0.2) is 73.3 Å². The Bertz CT molecular complexity index is 943. The smallest absolute Gasteiger partial charge is 0.321 e. The van der Waals surface area contributed by atoms with E-state index in [0.717, 1.165) is 16.5 Å². The molecule has 13 N–H and O–H groups in total. The number of primary amides is 1. The standard InChI is InChI=1S/C11H12N2O2.C4H8N2O3.C4H7NO4/c12-9(11(14)15)5-7-6-13-10-4-2-1-3-8(7)10;2*5-2(4(8)9)1-3(6)7/h1-4,6,9,13H,5,12H2,(H,14,15);2H,1,5H2,(H2,6,7)(H,8,9);2H,1,5H2,(H,6,7)(H,8,9)/t9-;2*2-/m000/s1. The van der Waals surface area contributed by atoms with E-state index < -0.39 is 54.3 Å². The summed E-state index contributed by atoms with van der Waals surface area (Å²) in [6.45, 7) is 0. The number of H-pyrrole nitrogens is 1. The van der Waals surface area contributed by atoms with Crippen molar-refractivity contribution in [3.8, 4) is 0 Å². The van der Waals surface area contributed by atoms with Gasteiger partial charge < -0.3 is 48.3 Å². The van der Waals surface area contributed by atoms with Crippen molar-refractivity contribution in [3.63, 3.8) is 0 Å². The van der Waals surface area contributed by atoms with Gasteiger partial charge in [-0.1, -0.05) is 18.2 Å². The maximum atomic E-state index is 10.6. The lowest BCUT2D eigenvalue weighted by molar-refractivity contribution is -0.144. The van der Waals surface area contributed by atoms with Crippen molar-refractivity contribution in [1.82, 2.24) is 4.98 Å². The molecule has 0 fully saturated rings. The van der Waals surface area contributed by atoms with Crippen LogP contribution in [0.25, 0.3) is 10.9 Å². The van der Waals surface area contributed by atoms with E-state index in [9.17, 15) is 24.0 Å². The molecule has 0 bridgehead atoms. The molecular weight excluding hydrogens is 442 g/mol. The van der Waals surface area contributed by atoms with E-state index in [1.807, 2.05) is 30.5 Å². The molecule has 0 aliphatic carbocycles. The molecule has 0 aliphatic heterocycles. The Hall–Kier alpha value is -4.01. The second-order valence-electron chi connectivity index (χ2n) is 6.67. The zero-order valence-electron chi connectivity index (χ0n) is 17.4. The molecule has 1 heterocycles. The topological polar surface area (TPSA) is 286 Å². The third-order valence-corrected chi connectivity index (χ3v) is 3.88. The zero-order valence-corrected chi connectivity index (χ0v) is 17.4. The Morgan fingerprint density at radius 1 is 0.788 bits per heavy atom. The number of carbonyl (C=O) groups is 5. The Balaban J connectivity index is 0.000000498. The van der Waals surface area contributed by atoms with Crippen molar-refractivity contribution in [3.05, 3.63) is 36.0 Å². The fourth-order valence-electron chi connectivity index (χ4n) is 2.20. The summed E-state index contributed by atoms with van der Waals surface area (Å²) in [7, 11) is 0. The monoisotopic (exact) mass is 469 g/mol. The van der Waals surface area contributed by atoms with Crippen LogP contribution in [0.15, 0.2) is 30.5 Å². The van der Waals surface area contributed by atoms with E-state index in [1.165, 1.54) is 0 Å². The van der Waals surface area contributed by atoms with Crippen molar-refractivity contribution in [1.29, 1.82) is 0 Å². The van der Waals surface area contributed by atoms with Crippen LogP contribution < -0.4 is 22.9 Å². The number of carbonyl (C=O) groups excluding carboxylic acids is 1. The highest BCUT2D eigenvalue weighted by atomic mass is 16.4. The van der Waals surface area contributed by atoms with E-state index >= 15 is 0 Å². The number of carboxylic acids is 4. The number of rotatable bonds is 9. The van der Waals surface area contributed by atoms with Crippen molar-refractivity contribution < 1.29 is 44.4 Å². The first-order valence-electron chi connectivity index (χ1n) is 9.26. The summed E-state index contributed by atoms with van der Waals surface area (Å²) in [5, 5.41) is 33.9. The number of para-hydroxylation sites is 1. The lowest BCUT2D eigenvalue weighted by Gasteiger charge is -2.04. The minimum atomic E-state index is -1.29. The summed E-state index contributed by atoms with van der Waals surface area (Å²) in [5.41, 5.74) is 21.8. The van der Waals surface area contributed by atoms with Crippen molar-refractivity contribution in [2.24, 2.45) is 22.9 Å². The van der Waals surface area contributed by atoms with Crippen LogP contribution in [0.5, 0.6) is 0 Å². The molecule has 2 aromatic rings. The van der Waals surface area contributed by atoms with E-state index in [-0.39, 0.29) is 6.42 Å². The molecular formula is C19H27N5O9. The predicted octanol–water partition coefficient (Wildman–Crippen LogP) is -1.73. The maximum absolute atomic E-state index is 10.6. The van der Waals surface area contributed by atoms with Gasteiger partial charge in [-0.15, -0.1) is 0 Å². The Kier molecular flexibility index (Phi) is 12.4. The number of carboxylic acid groups (broad SMARTS) is 4. The molecule has 1 aromatic carbocycles. The number of aliphatic carboxylic acids is 4. The summed E-state index contributed by atoms with van der Waals surface area (Å²) in [6.07, 6.45) is 1.32. The number of aromatic amines is 1. The lowest BCUT2D eigenvalue weighted by Crippen LogP contribution is -2.34. The van der Waals surface area contributed by atoms with Gasteiger partial charge in [0.05, 0.1) is 12.8 Å². The summed E-state index contributed by atoms with van der Waals surface area (Å²) in [4.78, 5) is 53.2. The second-order valence-corrected chi connectivity index (χ2v) is 6.67. The van der Waals surface area contributed by atoms with E-state index in [0.29, 0.717) is 6.42 Å². The van der Waals surface area contributed by atoms with Gasteiger partial charge in [-0.2, -0.15) is 0 Å². The molecule has 182 valence electrons. The SMILES string of the molecule is NC(=O)C[C@H](N)C(=O)O.N[C@@H](CC(=O)O)C(=O)O.N[C@@H](Cc1c[nH]c2ccccc12)C(=O)O. The molecule has 0 unspecified atom stereocenters. The van der Waals surface area contributed by atoms with Crippen LogP contribution in [0.1, 0.15) is 18.4 Å². The predicted molar refractivity (Wildman–Crippen MR) is 115 cm³/mol. The minimum absolute atomic E-state index is 0.310. The van der Waals surface area contributed by atoms with Gasteiger partial charge in [-0.05, 0) is 11.6 Å². The lowest BCUT2D eigenvalue weighted by atomic mass is 10.1. The van der Waals surface area contributed by atoms with Crippen LogP contribution >= 0.6 is 0 Å². The molecule has 1 amide bonds. The maximum Gasteiger partial charge on any atom is 0.321 e. The second kappa shape index (κ2) is 14.1. The van der Waals surface area contributed by atoms with E-state index in [2.05, 4.69) is 10.7 Å². The fourth-order valence-corrected chi connectivity index (χ4v) is 2.20. The number of hydrogen-bond acceptors (Lipinski definition) is 8. The van der Waals surface area contributed by atoms with E-state index in [4.69, 9.17) is 37.6 Å². The van der Waals surface area contributed by atoms with Gasteiger partial charge in [0.1, 0.15) is 18.1 Å². The third kappa shape index (κ3) is 11.8. The summed E-state index contributed by atoms with van der Waals surface area (Å²) < 4.78 is 0. The summed E-state index contributed by atoms with van der Waals surface area (Å²) in [6, 6.07) is 4.46. The van der Waals surface area contributed by atoms with Gasteiger partial charge in [0, 0.05) is 23.5 Å². The number of fused-ring (bicyclic) bond motifs is 1. The minimum Gasteiger partial charge on any atom is -0.481 e. The fraction of sp³-hybridized carbons (Fsp3) is 0.316. The van der Waals surface area contributed by atoms with Gasteiger partial charge in [0.2, 0.25) is 5.91 Å². The third-order valence-electron chi connectivity index (χ3n) is 3.88. The normalized spacial score (nSPS) is 12.7. The van der Waals surface area contributed by atoms with Gasteiger partial charge in [-0.25, -0.2) is 0 Å². The molecule has 0 aliphatic rings. The summed E-state index contributed by atoms with van der Waals surface area (Å²) in [5.74, 6) is -5.39. The Morgan fingerprint density at radius 3 is 1.67 bits per heavy atom. The number of nitrogens with one attached hydrogen (secondary N) is 1. The largest absolute Gasteiger partial charge is 0.481 e. The van der Waals surface area contributed by atoms with Crippen LogP contribution in [0.2, 0.25) is 0 Å².